The second kappa shape index (κ2) is 7.71. The average Bonchev–Trinajstić information content (AvgIpc) is 2.77. The zero-order valence-corrected chi connectivity index (χ0v) is 13.6. The molecule has 0 aliphatic carbocycles. The van der Waals surface area contributed by atoms with Crippen LogP contribution in [0.3, 0.4) is 0 Å². The van der Waals surface area contributed by atoms with Gasteiger partial charge in [0.25, 0.3) is 5.91 Å². The average molecular weight is 322 g/mol. The van der Waals surface area contributed by atoms with Crippen molar-refractivity contribution in [1.82, 2.24) is 10.6 Å². The minimum Gasteiger partial charge on any atom is -0.493 e. The Morgan fingerprint density at radius 1 is 1.13 bits per heavy atom. The standard InChI is InChI=1S/C16H22N2O5/c1-21-12-8-10(9-13(22-2)14(12)23-3)15(19)18-11-6-4-5-7-17-16(11)20/h8-9,11H,4-7H2,1-3H3,(H,17,20)(H,18,19)/t11-/m0/s1. The van der Waals surface area contributed by atoms with Crippen molar-refractivity contribution >= 4 is 11.8 Å². The minimum atomic E-state index is -0.524. The van der Waals surface area contributed by atoms with E-state index >= 15 is 0 Å². The summed E-state index contributed by atoms with van der Waals surface area (Å²) in [6.45, 7) is 0.648. The molecule has 0 aromatic heterocycles. The number of benzene rings is 1. The first-order valence-electron chi connectivity index (χ1n) is 7.49. The van der Waals surface area contributed by atoms with E-state index in [2.05, 4.69) is 10.6 Å². The van der Waals surface area contributed by atoms with Gasteiger partial charge in [0.1, 0.15) is 6.04 Å². The van der Waals surface area contributed by atoms with Crippen LogP contribution in [0.4, 0.5) is 0 Å². The molecule has 1 heterocycles. The number of ether oxygens (including phenoxy) is 3. The fourth-order valence-electron chi connectivity index (χ4n) is 2.53. The Labute approximate surface area is 135 Å². The highest BCUT2D eigenvalue weighted by molar-refractivity contribution is 5.98. The molecule has 0 saturated carbocycles. The van der Waals surface area contributed by atoms with Gasteiger partial charge in [-0.2, -0.15) is 0 Å². The summed E-state index contributed by atoms with van der Waals surface area (Å²) in [5.74, 6) is 0.693. The summed E-state index contributed by atoms with van der Waals surface area (Å²) in [5, 5.41) is 5.55. The summed E-state index contributed by atoms with van der Waals surface area (Å²) < 4.78 is 15.7. The van der Waals surface area contributed by atoms with Gasteiger partial charge >= 0.3 is 0 Å². The van der Waals surface area contributed by atoms with E-state index in [9.17, 15) is 9.59 Å². The maximum absolute atomic E-state index is 12.5. The summed E-state index contributed by atoms with van der Waals surface area (Å²) in [6.07, 6.45) is 2.43. The molecule has 7 nitrogen and oxygen atoms in total. The number of carbonyl (C=O) groups is 2. The van der Waals surface area contributed by atoms with E-state index in [1.54, 1.807) is 12.1 Å². The largest absolute Gasteiger partial charge is 0.493 e. The van der Waals surface area contributed by atoms with Crippen LogP contribution in [0.2, 0.25) is 0 Å². The van der Waals surface area contributed by atoms with E-state index in [1.807, 2.05) is 0 Å². The first-order chi connectivity index (χ1) is 11.1. The molecule has 0 radical (unpaired) electrons. The van der Waals surface area contributed by atoms with Gasteiger partial charge < -0.3 is 24.8 Å². The molecule has 2 amide bonds. The monoisotopic (exact) mass is 322 g/mol. The number of hydrogen-bond acceptors (Lipinski definition) is 5. The van der Waals surface area contributed by atoms with Crippen LogP contribution in [0.25, 0.3) is 0 Å². The second-order valence-corrected chi connectivity index (χ2v) is 5.23. The van der Waals surface area contributed by atoms with E-state index in [0.717, 1.165) is 12.8 Å². The van der Waals surface area contributed by atoms with Crippen LogP contribution in [-0.4, -0.2) is 45.7 Å². The van der Waals surface area contributed by atoms with Crippen LogP contribution in [-0.2, 0) is 4.79 Å². The Kier molecular flexibility index (Phi) is 5.67. The molecule has 0 spiro atoms. The Hall–Kier alpha value is -2.44. The van der Waals surface area contributed by atoms with Crippen molar-refractivity contribution in [2.45, 2.75) is 25.3 Å². The Bertz CT molecular complexity index is 563. The molecule has 1 aliphatic rings. The zero-order chi connectivity index (χ0) is 16.8. The molecule has 0 unspecified atom stereocenters. The molecule has 2 rings (SSSR count). The van der Waals surface area contributed by atoms with Crippen LogP contribution in [0, 0.1) is 0 Å². The van der Waals surface area contributed by atoms with E-state index in [1.165, 1.54) is 21.3 Å². The third kappa shape index (κ3) is 3.85. The normalized spacial score (nSPS) is 17.7. The van der Waals surface area contributed by atoms with Gasteiger partial charge in [0.15, 0.2) is 11.5 Å². The Morgan fingerprint density at radius 2 is 1.78 bits per heavy atom. The fraction of sp³-hybridized carbons (Fsp3) is 0.500. The van der Waals surface area contributed by atoms with Gasteiger partial charge in [0.2, 0.25) is 11.7 Å². The summed E-state index contributed by atoms with van der Waals surface area (Å²) in [6, 6.07) is 2.60. The second-order valence-electron chi connectivity index (χ2n) is 5.23. The first kappa shape index (κ1) is 16.9. The molecule has 2 N–H and O–H groups in total. The maximum Gasteiger partial charge on any atom is 0.252 e. The van der Waals surface area contributed by atoms with E-state index in [4.69, 9.17) is 14.2 Å². The van der Waals surface area contributed by atoms with Crippen LogP contribution in [0.15, 0.2) is 12.1 Å². The molecular weight excluding hydrogens is 300 g/mol. The lowest BCUT2D eigenvalue weighted by molar-refractivity contribution is -0.122. The molecular formula is C16H22N2O5. The number of amides is 2. The van der Waals surface area contributed by atoms with Gasteiger partial charge in [0, 0.05) is 12.1 Å². The minimum absolute atomic E-state index is 0.150. The predicted octanol–water partition coefficient (Wildman–Crippen LogP) is 1.11. The number of rotatable bonds is 5. The van der Waals surface area contributed by atoms with E-state index in [0.29, 0.717) is 35.8 Å². The number of hydrogen-bond donors (Lipinski definition) is 2. The van der Waals surface area contributed by atoms with Gasteiger partial charge in [0.05, 0.1) is 21.3 Å². The molecule has 1 atom stereocenters. The van der Waals surface area contributed by atoms with Crippen LogP contribution in [0.5, 0.6) is 17.2 Å². The molecule has 1 aromatic rings. The predicted molar refractivity (Wildman–Crippen MR) is 84.2 cm³/mol. The topological polar surface area (TPSA) is 85.9 Å². The van der Waals surface area contributed by atoms with Crippen LogP contribution >= 0.6 is 0 Å². The maximum atomic E-state index is 12.5. The fourth-order valence-corrected chi connectivity index (χ4v) is 2.53. The van der Waals surface area contributed by atoms with Crippen molar-refractivity contribution in [1.29, 1.82) is 0 Å². The van der Waals surface area contributed by atoms with Crippen molar-refractivity contribution in [3.8, 4) is 17.2 Å². The Balaban J connectivity index is 2.23. The number of nitrogens with one attached hydrogen (secondary N) is 2. The summed E-state index contributed by atoms with van der Waals surface area (Å²) >= 11 is 0. The highest BCUT2D eigenvalue weighted by atomic mass is 16.5. The van der Waals surface area contributed by atoms with Gasteiger partial charge in [-0.05, 0) is 31.4 Å². The van der Waals surface area contributed by atoms with Gasteiger partial charge in [-0.1, -0.05) is 0 Å². The van der Waals surface area contributed by atoms with Crippen LogP contribution < -0.4 is 24.8 Å². The summed E-state index contributed by atoms with van der Waals surface area (Å²) in [7, 11) is 4.46. The highest BCUT2D eigenvalue weighted by Gasteiger charge is 2.24. The molecule has 7 heteroatoms. The van der Waals surface area contributed by atoms with Crippen LogP contribution in [0.1, 0.15) is 29.6 Å². The van der Waals surface area contributed by atoms with Crippen molar-refractivity contribution in [3.05, 3.63) is 17.7 Å². The number of methoxy groups -OCH3 is 3. The molecule has 1 aliphatic heterocycles. The quantitative estimate of drug-likeness (QED) is 0.848. The lowest BCUT2D eigenvalue weighted by atomic mass is 10.1. The molecule has 1 aromatic carbocycles. The number of carbonyl (C=O) groups excluding carboxylic acids is 2. The molecule has 1 fully saturated rings. The molecule has 0 bridgehead atoms. The van der Waals surface area contributed by atoms with Gasteiger partial charge in [-0.25, -0.2) is 0 Å². The lowest BCUT2D eigenvalue weighted by Crippen LogP contribution is -2.45. The lowest BCUT2D eigenvalue weighted by Gasteiger charge is -2.17. The van der Waals surface area contributed by atoms with Gasteiger partial charge in [-0.3, -0.25) is 9.59 Å². The smallest absolute Gasteiger partial charge is 0.252 e. The van der Waals surface area contributed by atoms with Gasteiger partial charge in [-0.15, -0.1) is 0 Å². The summed E-state index contributed by atoms with van der Waals surface area (Å²) in [5.41, 5.74) is 0.344. The third-order valence-corrected chi connectivity index (χ3v) is 3.77. The van der Waals surface area contributed by atoms with E-state index in [-0.39, 0.29) is 11.8 Å². The van der Waals surface area contributed by atoms with Crippen molar-refractivity contribution < 1.29 is 23.8 Å². The third-order valence-electron chi connectivity index (χ3n) is 3.77. The first-order valence-corrected chi connectivity index (χ1v) is 7.49. The SMILES string of the molecule is COc1cc(C(=O)N[C@H]2CCCCNC2=O)cc(OC)c1OC. The zero-order valence-electron chi connectivity index (χ0n) is 13.6. The Morgan fingerprint density at radius 3 is 2.35 bits per heavy atom. The van der Waals surface area contributed by atoms with Crippen molar-refractivity contribution in [2.24, 2.45) is 0 Å². The molecule has 1 saturated heterocycles. The summed E-state index contributed by atoms with van der Waals surface area (Å²) in [4.78, 5) is 24.4. The molecule has 126 valence electrons. The van der Waals surface area contributed by atoms with Crippen molar-refractivity contribution in [3.63, 3.8) is 0 Å². The van der Waals surface area contributed by atoms with Crippen molar-refractivity contribution in [2.75, 3.05) is 27.9 Å². The van der Waals surface area contributed by atoms with E-state index < -0.39 is 6.04 Å². The highest BCUT2D eigenvalue weighted by Crippen LogP contribution is 2.38. The molecule has 23 heavy (non-hydrogen) atoms.